The molecule has 0 spiro atoms. The van der Waals surface area contributed by atoms with Gasteiger partial charge in [0.15, 0.2) is 11.5 Å². The fraction of sp³-hybridized carbons (Fsp3) is 0.241. The van der Waals surface area contributed by atoms with Crippen LogP contribution in [0.5, 0.6) is 11.5 Å². The first-order valence-corrected chi connectivity index (χ1v) is 12.0. The number of hydrogen-bond donors (Lipinski definition) is 1. The molecule has 1 amide bonds. The van der Waals surface area contributed by atoms with Gasteiger partial charge in [-0.3, -0.25) is 9.48 Å². The first kappa shape index (κ1) is 24.1. The van der Waals surface area contributed by atoms with Crippen molar-refractivity contribution in [3.05, 3.63) is 102 Å². The highest BCUT2D eigenvalue weighted by Gasteiger charge is 2.13. The Bertz CT molecular complexity index is 1230. The average Bonchev–Trinajstić information content (AvgIpc) is 3.39. The van der Waals surface area contributed by atoms with E-state index in [0.29, 0.717) is 38.3 Å². The van der Waals surface area contributed by atoms with Gasteiger partial charge in [-0.25, -0.2) is 0 Å². The van der Waals surface area contributed by atoms with Gasteiger partial charge in [-0.2, -0.15) is 5.10 Å². The van der Waals surface area contributed by atoms with Gasteiger partial charge in [0.25, 0.3) is 5.91 Å². The van der Waals surface area contributed by atoms with Crippen molar-refractivity contribution in [2.45, 2.75) is 26.8 Å². The zero-order valence-corrected chi connectivity index (χ0v) is 20.2. The first-order chi connectivity index (χ1) is 17.2. The van der Waals surface area contributed by atoms with Crippen LogP contribution in [0.15, 0.2) is 85.2 Å². The van der Waals surface area contributed by atoms with Crippen LogP contribution in [0.3, 0.4) is 0 Å². The summed E-state index contributed by atoms with van der Waals surface area (Å²) in [5.41, 5.74) is 4.82. The maximum absolute atomic E-state index is 13.0. The molecule has 0 bridgehead atoms. The zero-order chi connectivity index (χ0) is 24.5. The molecule has 0 saturated heterocycles. The molecule has 35 heavy (non-hydrogen) atoms. The van der Waals surface area contributed by atoms with Crippen LogP contribution in [0.4, 0.5) is 0 Å². The van der Waals surface area contributed by atoms with Gasteiger partial charge in [-0.05, 0) is 66.8 Å². The van der Waals surface area contributed by atoms with Crippen molar-refractivity contribution in [3.63, 3.8) is 0 Å². The molecule has 0 saturated carbocycles. The fourth-order valence-electron chi connectivity index (χ4n) is 3.97. The summed E-state index contributed by atoms with van der Waals surface area (Å²) in [5, 5.41) is 7.32. The summed E-state index contributed by atoms with van der Waals surface area (Å²) in [6.45, 7) is 6.30. The topological polar surface area (TPSA) is 65.4 Å². The van der Waals surface area contributed by atoms with Gasteiger partial charge < -0.3 is 14.8 Å². The Morgan fingerprint density at radius 3 is 2.37 bits per heavy atom. The summed E-state index contributed by atoms with van der Waals surface area (Å²) in [6.07, 6.45) is 4.41. The molecule has 0 fully saturated rings. The molecule has 4 aromatic rings. The molecule has 0 radical (unpaired) electrons. The third-order valence-electron chi connectivity index (χ3n) is 5.65. The van der Waals surface area contributed by atoms with Crippen LogP contribution in [0.25, 0.3) is 11.1 Å². The van der Waals surface area contributed by atoms with Crippen LogP contribution >= 0.6 is 0 Å². The lowest BCUT2D eigenvalue weighted by atomic mass is 9.98. The highest BCUT2D eigenvalue weighted by atomic mass is 16.5. The third-order valence-corrected chi connectivity index (χ3v) is 5.65. The average molecular weight is 470 g/mol. The van der Waals surface area contributed by atoms with Crippen LogP contribution in [0.1, 0.15) is 35.3 Å². The van der Waals surface area contributed by atoms with E-state index < -0.39 is 0 Å². The molecule has 6 heteroatoms. The van der Waals surface area contributed by atoms with Gasteiger partial charge in [0.2, 0.25) is 0 Å². The highest BCUT2D eigenvalue weighted by Crippen LogP contribution is 2.29. The predicted molar refractivity (Wildman–Crippen MR) is 138 cm³/mol. The maximum atomic E-state index is 13.0. The molecule has 0 unspecified atom stereocenters. The number of amides is 1. The Kier molecular flexibility index (Phi) is 8.17. The van der Waals surface area contributed by atoms with Crippen molar-refractivity contribution < 1.29 is 14.3 Å². The summed E-state index contributed by atoms with van der Waals surface area (Å²) < 4.78 is 13.2. The van der Waals surface area contributed by atoms with Gasteiger partial charge in [0.1, 0.15) is 0 Å². The predicted octanol–water partition coefficient (Wildman–Crippen LogP) is 5.37. The van der Waals surface area contributed by atoms with Gasteiger partial charge in [0, 0.05) is 24.5 Å². The Morgan fingerprint density at radius 1 is 0.886 bits per heavy atom. The lowest BCUT2D eigenvalue weighted by molar-refractivity contribution is 0.0955. The lowest BCUT2D eigenvalue weighted by Crippen LogP contribution is -2.26. The molecule has 4 rings (SSSR count). The minimum Gasteiger partial charge on any atom is -0.490 e. The number of carbonyl (C=O) groups excluding carboxylic acids is 1. The second-order valence-corrected chi connectivity index (χ2v) is 8.10. The van der Waals surface area contributed by atoms with Gasteiger partial charge in [-0.1, -0.05) is 48.5 Å². The molecule has 180 valence electrons. The quantitative estimate of drug-likeness (QED) is 0.321. The number of nitrogens with one attached hydrogen (secondary N) is 1. The zero-order valence-electron chi connectivity index (χ0n) is 20.2. The molecule has 0 aliphatic carbocycles. The summed E-state index contributed by atoms with van der Waals surface area (Å²) in [4.78, 5) is 13.0. The summed E-state index contributed by atoms with van der Waals surface area (Å²) >= 11 is 0. The van der Waals surface area contributed by atoms with Crippen LogP contribution in [0.2, 0.25) is 0 Å². The van der Waals surface area contributed by atoms with Crippen molar-refractivity contribution in [1.29, 1.82) is 0 Å². The molecular formula is C29H31N3O3. The van der Waals surface area contributed by atoms with Crippen molar-refractivity contribution in [2.75, 3.05) is 19.8 Å². The number of hydrogen-bond acceptors (Lipinski definition) is 4. The largest absolute Gasteiger partial charge is 0.490 e. The molecule has 1 heterocycles. The normalized spacial score (nSPS) is 10.7. The number of nitrogens with zero attached hydrogens (tertiary/aromatic N) is 2. The van der Waals surface area contributed by atoms with E-state index in [2.05, 4.69) is 34.7 Å². The molecule has 3 aromatic carbocycles. The van der Waals surface area contributed by atoms with E-state index in [-0.39, 0.29) is 5.91 Å². The second kappa shape index (κ2) is 11.9. The molecular weight excluding hydrogens is 438 g/mol. The minimum absolute atomic E-state index is 0.0859. The van der Waals surface area contributed by atoms with Crippen molar-refractivity contribution >= 4 is 5.91 Å². The van der Waals surface area contributed by atoms with E-state index in [1.54, 1.807) is 6.20 Å². The van der Waals surface area contributed by atoms with Gasteiger partial charge in [-0.15, -0.1) is 0 Å². The summed E-state index contributed by atoms with van der Waals surface area (Å²) in [6, 6.07) is 23.8. The van der Waals surface area contributed by atoms with E-state index in [0.717, 1.165) is 33.8 Å². The molecule has 1 aromatic heterocycles. The number of benzene rings is 3. The molecule has 0 aliphatic rings. The Labute approximate surface area is 206 Å². The van der Waals surface area contributed by atoms with E-state index in [4.69, 9.17) is 9.47 Å². The van der Waals surface area contributed by atoms with Crippen molar-refractivity contribution in [1.82, 2.24) is 15.1 Å². The van der Waals surface area contributed by atoms with Crippen molar-refractivity contribution in [2.24, 2.45) is 0 Å². The molecule has 0 atom stereocenters. The number of rotatable bonds is 11. The fourth-order valence-corrected chi connectivity index (χ4v) is 3.97. The second-order valence-electron chi connectivity index (χ2n) is 8.10. The molecule has 6 nitrogen and oxygen atoms in total. The van der Waals surface area contributed by atoms with Crippen LogP contribution in [-0.4, -0.2) is 35.4 Å². The van der Waals surface area contributed by atoms with E-state index in [9.17, 15) is 4.79 Å². The third kappa shape index (κ3) is 6.29. The monoisotopic (exact) mass is 469 g/mol. The van der Waals surface area contributed by atoms with Crippen LogP contribution in [0, 0.1) is 0 Å². The number of carbonyl (C=O) groups is 1. The highest BCUT2D eigenvalue weighted by molar-refractivity contribution is 6.00. The summed E-state index contributed by atoms with van der Waals surface area (Å²) in [7, 11) is 0. The van der Waals surface area contributed by atoms with Gasteiger partial charge in [0.05, 0.1) is 19.8 Å². The Hall–Kier alpha value is -4.06. The smallest absolute Gasteiger partial charge is 0.251 e. The van der Waals surface area contributed by atoms with E-state index in [1.165, 1.54) is 0 Å². The maximum Gasteiger partial charge on any atom is 0.251 e. The van der Waals surface area contributed by atoms with Crippen molar-refractivity contribution in [3.8, 4) is 22.6 Å². The summed E-state index contributed by atoms with van der Waals surface area (Å²) in [5.74, 6) is 1.39. The Balaban J connectivity index is 1.40. The number of aromatic nitrogens is 2. The SMILES string of the molecule is CCOc1ccc(CCNC(=O)c2ccccc2-c2ccc(Cn3cccn3)cc2)cc1OCC. The Morgan fingerprint density at radius 2 is 1.63 bits per heavy atom. The minimum atomic E-state index is -0.0859. The standard InChI is InChI=1S/C29H31N3O3/c1-3-34-27-15-12-22(20-28(27)35-4-2)16-18-30-29(33)26-9-6-5-8-25(26)24-13-10-23(11-14-24)21-32-19-7-17-31-32/h5-15,17,19-20H,3-4,16,18,21H2,1-2H3,(H,30,33). The van der Waals surface area contributed by atoms with Crippen LogP contribution < -0.4 is 14.8 Å². The van der Waals surface area contributed by atoms with Gasteiger partial charge >= 0.3 is 0 Å². The molecule has 1 N–H and O–H groups in total. The van der Waals surface area contributed by atoms with Crippen LogP contribution in [-0.2, 0) is 13.0 Å². The lowest BCUT2D eigenvalue weighted by Gasteiger charge is -2.13. The number of ether oxygens (including phenoxy) is 2. The first-order valence-electron chi connectivity index (χ1n) is 12.0. The molecule has 0 aliphatic heterocycles. The van der Waals surface area contributed by atoms with E-state index >= 15 is 0 Å². The van der Waals surface area contributed by atoms with E-state index in [1.807, 2.05) is 73.3 Å².